The van der Waals surface area contributed by atoms with Gasteiger partial charge in [-0.05, 0) is 13.0 Å². The van der Waals surface area contributed by atoms with E-state index >= 15 is 0 Å². The first kappa shape index (κ1) is 17.5. The molecule has 1 N–H and O–H groups in total. The number of rotatable bonds is 5. The van der Waals surface area contributed by atoms with Gasteiger partial charge in [-0.3, -0.25) is 9.36 Å². The summed E-state index contributed by atoms with van der Waals surface area (Å²) in [4.78, 5) is 40.5. The fourth-order valence-electron chi connectivity index (χ4n) is 2.64. The number of aliphatic hydroxyl groups is 1. The summed E-state index contributed by atoms with van der Waals surface area (Å²) in [6.07, 6.45) is 3.96. The number of carbonyl (C=O) groups excluding carboxylic acids is 2. The molecule has 0 aliphatic carbocycles. The number of ether oxygens (including phenoxy) is 2. The van der Waals surface area contributed by atoms with Crippen molar-refractivity contribution in [1.29, 1.82) is 0 Å². The topological polar surface area (TPSA) is 125 Å². The first-order chi connectivity index (χ1) is 12.5. The van der Waals surface area contributed by atoms with Crippen LogP contribution < -0.4 is 5.56 Å². The fraction of sp³-hybridized carbons (Fsp3) is 0.312. The van der Waals surface area contributed by atoms with Crippen LogP contribution in [0.4, 0.5) is 0 Å². The third-order valence-corrected chi connectivity index (χ3v) is 3.90. The first-order valence-electron chi connectivity index (χ1n) is 7.76. The van der Waals surface area contributed by atoms with Gasteiger partial charge >= 0.3 is 11.9 Å². The Morgan fingerprint density at radius 2 is 2.12 bits per heavy atom. The maximum absolute atomic E-state index is 12.7. The predicted molar refractivity (Wildman–Crippen MR) is 88.8 cm³/mol. The average molecular weight is 360 g/mol. The van der Waals surface area contributed by atoms with E-state index in [4.69, 9.17) is 4.74 Å². The standard InChI is InChI=1S/C16H16N4O6/c1-3-26-15(23)10-7-18-20-11-4-5-19(12(8-21)16(24)25-2)14(22)9(11)6-17-13(10)20/h4-7,12,21H,3,8H2,1-2H3. The van der Waals surface area contributed by atoms with Crippen molar-refractivity contribution < 1.29 is 24.2 Å². The zero-order valence-corrected chi connectivity index (χ0v) is 14.1. The Kier molecular flexibility index (Phi) is 4.67. The number of methoxy groups -OCH3 is 1. The van der Waals surface area contributed by atoms with Crippen LogP contribution in [0.15, 0.2) is 29.5 Å². The summed E-state index contributed by atoms with van der Waals surface area (Å²) in [5, 5.41) is 13.7. The lowest BCUT2D eigenvalue weighted by molar-refractivity contribution is -0.145. The number of nitrogens with zero attached hydrogens (tertiary/aromatic N) is 4. The summed E-state index contributed by atoms with van der Waals surface area (Å²) in [5.41, 5.74) is 0.281. The number of fused-ring (bicyclic) bond motifs is 3. The van der Waals surface area contributed by atoms with E-state index in [1.165, 1.54) is 30.2 Å². The van der Waals surface area contributed by atoms with Crippen LogP contribution in [-0.4, -0.2) is 56.5 Å². The molecular formula is C16H16N4O6. The average Bonchev–Trinajstić information content (AvgIpc) is 3.08. The second-order valence-corrected chi connectivity index (χ2v) is 5.32. The third-order valence-electron chi connectivity index (χ3n) is 3.90. The zero-order chi connectivity index (χ0) is 18.8. The zero-order valence-electron chi connectivity index (χ0n) is 14.1. The van der Waals surface area contributed by atoms with E-state index in [9.17, 15) is 19.5 Å². The maximum Gasteiger partial charge on any atom is 0.343 e. The molecule has 0 aliphatic rings. The maximum atomic E-state index is 12.7. The Morgan fingerprint density at radius 3 is 2.77 bits per heavy atom. The lowest BCUT2D eigenvalue weighted by Gasteiger charge is -2.15. The SMILES string of the molecule is CCOC(=O)c1cnn2c1ncc1c(=O)n(C(CO)C(=O)OC)ccc12. The minimum atomic E-state index is -1.17. The highest BCUT2D eigenvalue weighted by Crippen LogP contribution is 2.17. The van der Waals surface area contributed by atoms with E-state index in [2.05, 4.69) is 14.8 Å². The van der Waals surface area contributed by atoms with Gasteiger partial charge in [-0.2, -0.15) is 5.10 Å². The highest BCUT2D eigenvalue weighted by molar-refractivity contribution is 5.97. The molecule has 10 heteroatoms. The minimum absolute atomic E-state index is 0.167. The summed E-state index contributed by atoms with van der Waals surface area (Å²) in [7, 11) is 1.17. The molecule has 0 fully saturated rings. The monoisotopic (exact) mass is 360 g/mol. The van der Waals surface area contributed by atoms with Crippen molar-refractivity contribution in [2.24, 2.45) is 0 Å². The van der Waals surface area contributed by atoms with Crippen molar-refractivity contribution in [1.82, 2.24) is 19.2 Å². The molecule has 3 aromatic heterocycles. The number of hydrogen-bond donors (Lipinski definition) is 1. The summed E-state index contributed by atoms with van der Waals surface area (Å²) in [6.45, 7) is 1.31. The van der Waals surface area contributed by atoms with Crippen LogP contribution >= 0.6 is 0 Å². The summed E-state index contributed by atoms with van der Waals surface area (Å²) < 4.78 is 12.0. The normalized spacial score (nSPS) is 12.3. The molecular weight excluding hydrogens is 344 g/mol. The molecule has 1 atom stereocenters. The van der Waals surface area contributed by atoms with Crippen molar-refractivity contribution in [2.75, 3.05) is 20.3 Å². The molecule has 136 valence electrons. The molecule has 26 heavy (non-hydrogen) atoms. The Labute approximate surface area is 146 Å². The third kappa shape index (κ3) is 2.69. The van der Waals surface area contributed by atoms with Crippen molar-refractivity contribution in [2.45, 2.75) is 13.0 Å². The Balaban J connectivity index is 2.19. The highest BCUT2D eigenvalue weighted by Gasteiger charge is 2.23. The molecule has 0 saturated heterocycles. The van der Waals surface area contributed by atoms with Crippen LogP contribution in [0.1, 0.15) is 23.3 Å². The molecule has 0 amide bonds. The van der Waals surface area contributed by atoms with Crippen LogP contribution in [0, 0.1) is 0 Å². The van der Waals surface area contributed by atoms with E-state index in [0.717, 1.165) is 4.57 Å². The lowest BCUT2D eigenvalue weighted by atomic mass is 10.2. The molecule has 0 bridgehead atoms. The van der Waals surface area contributed by atoms with E-state index in [-0.39, 0.29) is 23.2 Å². The molecule has 0 radical (unpaired) electrons. The largest absolute Gasteiger partial charge is 0.467 e. The number of aromatic nitrogens is 4. The number of pyridine rings is 1. The van der Waals surface area contributed by atoms with Gasteiger partial charge in [-0.15, -0.1) is 0 Å². The van der Waals surface area contributed by atoms with Crippen molar-refractivity contribution in [3.8, 4) is 0 Å². The molecule has 0 saturated carbocycles. The summed E-state index contributed by atoms with van der Waals surface area (Å²) in [6, 6.07) is 0.374. The van der Waals surface area contributed by atoms with Crippen LogP contribution in [0.25, 0.3) is 16.6 Å². The number of esters is 2. The van der Waals surface area contributed by atoms with Crippen LogP contribution in [0.5, 0.6) is 0 Å². The Bertz CT molecular complexity index is 1050. The highest BCUT2D eigenvalue weighted by atomic mass is 16.5. The second kappa shape index (κ2) is 6.92. The first-order valence-corrected chi connectivity index (χ1v) is 7.76. The van der Waals surface area contributed by atoms with E-state index in [1.54, 1.807) is 13.0 Å². The van der Waals surface area contributed by atoms with E-state index in [1.807, 2.05) is 0 Å². The minimum Gasteiger partial charge on any atom is -0.467 e. The molecule has 3 rings (SSSR count). The Hall–Kier alpha value is -3.27. The molecule has 3 aromatic rings. The summed E-state index contributed by atoms with van der Waals surface area (Å²) in [5.74, 6) is -1.31. The number of hydrogen-bond acceptors (Lipinski definition) is 8. The number of aliphatic hydroxyl groups excluding tert-OH is 1. The van der Waals surface area contributed by atoms with E-state index < -0.39 is 30.1 Å². The fourth-order valence-corrected chi connectivity index (χ4v) is 2.64. The molecule has 3 heterocycles. The van der Waals surface area contributed by atoms with E-state index in [0.29, 0.717) is 5.52 Å². The van der Waals surface area contributed by atoms with Gasteiger partial charge in [0, 0.05) is 12.4 Å². The van der Waals surface area contributed by atoms with Gasteiger partial charge in [0.05, 0.1) is 37.4 Å². The van der Waals surface area contributed by atoms with Crippen LogP contribution in [-0.2, 0) is 14.3 Å². The molecule has 0 aromatic carbocycles. The Morgan fingerprint density at radius 1 is 1.35 bits per heavy atom. The van der Waals surface area contributed by atoms with Crippen molar-refractivity contribution in [3.05, 3.63) is 40.6 Å². The van der Waals surface area contributed by atoms with Gasteiger partial charge in [0.2, 0.25) is 0 Å². The van der Waals surface area contributed by atoms with Gasteiger partial charge in [0.25, 0.3) is 5.56 Å². The van der Waals surface area contributed by atoms with Gasteiger partial charge < -0.3 is 14.6 Å². The van der Waals surface area contributed by atoms with Crippen molar-refractivity contribution >= 4 is 28.5 Å². The quantitative estimate of drug-likeness (QED) is 0.627. The second-order valence-electron chi connectivity index (χ2n) is 5.32. The van der Waals surface area contributed by atoms with Crippen LogP contribution in [0.2, 0.25) is 0 Å². The molecule has 1 unspecified atom stereocenters. The molecule has 0 aliphatic heterocycles. The van der Waals surface area contributed by atoms with Gasteiger partial charge in [0.1, 0.15) is 5.56 Å². The number of carbonyl (C=O) groups is 2. The smallest absolute Gasteiger partial charge is 0.343 e. The van der Waals surface area contributed by atoms with Gasteiger partial charge in [-0.25, -0.2) is 19.1 Å². The predicted octanol–water partition coefficient (Wildman–Crippen LogP) is -0.0727. The van der Waals surface area contributed by atoms with Gasteiger partial charge in [0.15, 0.2) is 11.7 Å². The van der Waals surface area contributed by atoms with Crippen molar-refractivity contribution in [3.63, 3.8) is 0 Å². The molecule has 0 spiro atoms. The van der Waals surface area contributed by atoms with Gasteiger partial charge in [-0.1, -0.05) is 0 Å². The molecule has 10 nitrogen and oxygen atoms in total. The van der Waals surface area contributed by atoms with Crippen LogP contribution in [0.3, 0.4) is 0 Å². The summed E-state index contributed by atoms with van der Waals surface area (Å²) >= 11 is 0. The lowest BCUT2D eigenvalue weighted by Crippen LogP contribution is -2.32.